The number of aliphatic carboxylic acids is 8. The summed E-state index contributed by atoms with van der Waals surface area (Å²) in [6.45, 7) is 4.07. The molecule has 0 aromatic heterocycles. The van der Waals surface area contributed by atoms with Gasteiger partial charge in [0, 0.05) is 44.0 Å². The van der Waals surface area contributed by atoms with Crippen LogP contribution >= 0.6 is 101 Å². The first-order chi connectivity index (χ1) is 34.8. The Morgan fingerprint density at radius 2 is 0.382 bits per heavy atom. The fourth-order valence-electron chi connectivity index (χ4n) is 1.62. The molecule has 0 aliphatic rings. The molecule has 0 fully saturated rings. The van der Waals surface area contributed by atoms with E-state index in [2.05, 4.69) is 101 Å². The monoisotopic (exact) mass is 1270 g/mol. The van der Waals surface area contributed by atoms with Crippen LogP contribution in [0.1, 0.15) is 79.1 Å². The van der Waals surface area contributed by atoms with Gasteiger partial charge in [0.1, 0.15) is 24.4 Å². The highest BCUT2D eigenvalue weighted by Gasteiger charge is 2.02. The van der Waals surface area contributed by atoms with Crippen LogP contribution in [0, 0.1) is 0 Å². The van der Waals surface area contributed by atoms with Gasteiger partial charge >= 0.3 is 47.8 Å². The van der Waals surface area contributed by atoms with Crippen LogP contribution in [-0.2, 0) is 38.4 Å². The van der Waals surface area contributed by atoms with E-state index in [9.17, 15) is 38.4 Å². The van der Waals surface area contributed by atoms with E-state index in [1.54, 1.807) is 27.7 Å². The topological polar surface area (TPSA) is 541 Å². The van der Waals surface area contributed by atoms with Crippen molar-refractivity contribution < 1.29 is 140 Å². The van der Waals surface area contributed by atoms with E-state index in [1.807, 2.05) is 0 Å². The van der Waals surface area contributed by atoms with E-state index >= 15 is 0 Å². The molecule has 0 aliphatic heterocycles. The summed E-state index contributed by atoms with van der Waals surface area (Å²) in [5, 5.41) is 160. The Bertz CT molecular complexity index is 1060. The minimum absolute atomic E-state index is 0.0301. The minimum Gasteiger partial charge on any atom is -0.481 e. The largest absolute Gasteiger partial charge is 0.481 e. The highest BCUT2D eigenvalue weighted by molar-refractivity contribution is 7.81. The summed E-state index contributed by atoms with van der Waals surface area (Å²) < 4.78 is 0. The lowest BCUT2D eigenvalue weighted by atomic mass is 10.3. The number of hydrogen-bond donors (Lipinski definition) is 28. The highest BCUT2D eigenvalue weighted by Crippen LogP contribution is 1.99. The van der Waals surface area contributed by atoms with Crippen LogP contribution in [-0.4, -0.2) is 271 Å². The molecule has 0 aliphatic carbocycles. The van der Waals surface area contributed by atoms with Gasteiger partial charge in [0.25, 0.3) is 0 Å². The molecule has 4 unspecified atom stereocenters. The van der Waals surface area contributed by atoms with E-state index in [1.165, 1.54) is 0 Å². The molecule has 0 rings (SSSR count). The van der Waals surface area contributed by atoms with Gasteiger partial charge in [-0.15, -0.1) is 0 Å². The molecular formula is C40H88O28S8. The van der Waals surface area contributed by atoms with Crippen LogP contribution in [0.3, 0.4) is 0 Å². The average Bonchev–Trinajstić information content (AvgIpc) is 3.28. The molecule has 36 heteroatoms. The lowest BCUT2D eigenvalue weighted by Gasteiger charge is -1.96. The van der Waals surface area contributed by atoms with Crippen molar-refractivity contribution in [3.8, 4) is 0 Å². The quantitative estimate of drug-likeness (QED) is 0.0465. The molecule has 0 bridgehead atoms. The smallest absolute Gasteiger partial charge is 0.304 e. The minimum atomic E-state index is -0.954. The molecule has 4 atom stereocenters. The number of rotatable bonds is 24. The number of thiol groups is 8. The summed E-state index contributed by atoms with van der Waals surface area (Å²) in [5.41, 5.74) is 0. The zero-order valence-corrected chi connectivity index (χ0v) is 49.7. The van der Waals surface area contributed by atoms with Gasteiger partial charge in [0.05, 0.1) is 104 Å². The van der Waals surface area contributed by atoms with Crippen molar-refractivity contribution in [2.75, 3.05) is 75.9 Å². The number of aliphatic hydroxyl groups is 12. The molecule has 0 radical (unpaired) electrons. The second-order valence-corrected chi connectivity index (χ2v) is 18.6. The molecule has 0 saturated carbocycles. The van der Waals surface area contributed by atoms with E-state index < -0.39 is 72.2 Å². The first-order valence-electron chi connectivity index (χ1n) is 21.3. The third kappa shape index (κ3) is 206. The zero-order valence-electron chi connectivity index (χ0n) is 42.5. The summed E-state index contributed by atoms with van der Waals surface area (Å²) in [4.78, 5) is 77.2. The maximum absolute atomic E-state index is 9.76. The fraction of sp³-hybridized carbons (Fsp3) is 0.800. The number of carboxylic acids is 8. The summed E-state index contributed by atoms with van der Waals surface area (Å²) >= 11 is 30.1. The van der Waals surface area contributed by atoms with Gasteiger partial charge in [-0.05, 0) is 0 Å². The van der Waals surface area contributed by atoms with Crippen molar-refractivity contribution in [2.24, 2.45) is 0 Å². The Labute approximate surface area is 486 Å². The molecule has 28 nitrogen and oxygen atoms in total. The zero-order chi connectivity index (χ0) is 63.4. The van der Waals surface area contributed by atoms with Gasteiger partial charge in [-0.2, -0.15) is 101 Å². The third-order valence-corrected chi connectivity index (χ3v) is 6.49. The molecule has 0 aromatic rings. The van der Waals surface area contributed by atoms with E-state index in [0.717, 1.165) is 0 Å². The van der Waals surface area contributed by atoms with Crippen molar-refractivity contribution in [1.82, 2.24) is 0 Å². The Balaban J connectivity index is -0.0000000588. The first-order valence-corrected chi connectivity index (χ1v) is 25.9. The predicted octanol–water partition coefficient (Wildman–Crippen LogP) is -1.99. The summed E-state index contributed by atoms with van der Waals surface area (Å²) in [6, 6.07) is 0. The van der Waals surface area contributed by atoms with Crippen LogP contribution in [0.25, 0.3) is 0 Å². The Morgan fingerprint density at radius 3 is 0.382 bits per heavy atom. The average molecular weight is 1270 g/mol. The van der Waals surface area contributed by atoms with Crippen LogP contribution < -0.4 is 0 Å². The van der Waals surface area contributed by atoms with Crippen LogP contribution in [0.5, 0.6) is 0 Å². The molecule has 464 valence electrons. The Hall–Kier alpha value is -1.92. The maximum Gasteiger partial charge on any atom is 0.304 e. The molecule has 0 amide bonds. The summed E-state index contributed by atoms with van der Waals surface area (Å²) in [5.74, 6) is -4.60. The normalized spacial score (nSPS) is 10.7. The van der Waals surface area contributed by atoms with Gasteiger partial charge < -0.3 is 102 Å². The fourth-order valence-corrected chi connectivity index (χ4v) is 3.01. The second kappa shape index (κ2) is 87.0. The lowest BCUT2D eigenvalue weighted by Crippen LogP contribution is -2.15. The third-order valence-electron chi connectivity index (χ3n) is 4.87. The molecule has 0 aromatic carbocycles. The van der Waals surface area contributed by atoms with E-state index in [-0.39, 0.29) is 125 Å². The van der Waals surface area contributed by atoms with Crippen molar-refractivity contribution >= 4 is 149 Å². The lowest BCUT2D eigenvalue weighted by molar-refractivity contribution is -0.137. The van der Waals surface area contributed by atoms with E-state index in [4.69, 9.17) is 102 Å². The molecule has 0 saturated heterocycles. The Kier molecular flexibility index (Phi) is 117. The molecule has 0 spiro atoms. The second-order valence-electron chi connectivity index (χ2n) is 13.3. The molecule has 20 N–H and O–H groups in total. The van der Waals surface area contributed by atoms with Gasteiger partial charge in [0.15, 0.2) is 0 Å². The maximum atomic E-state index is 9.76. The van der Waals surface area contributed by atoms with Crippen molar-refractivity contribution in [1.29, 1.82) is 0 Å². The SMILES string of the molecule is CC(S)CC(=O)O.CC(S)CC(=O)O.CC(S)CC(=O)O.CC(S)CC(=O)O.O=C(O)CCS.O=C(O)CCS.O=C(O)CCS.O=C(O)CCS.OCC(O)CO.OCC(O)CO.OCC(O)CO.OCC(O)CO. The first kappa shape index (κ1) is 103. The van der Waals surface area contributed by atoms with Crippen LogP contribution in [0.15, 0.2) is 0 Å². The predicted molar refractivity (Wildman–Crippen MR) is 308 cm³/mol. The van der Waals surface area contributed by atoms with Crippen molar-refractivity contribution in [2.45, 2.75) is 124 Å². The van der Waals surface area contributed by atoms with Gasteiger partial charge in [-0.25, -0.2) is 0 Å². The van der Waals surface area contributed by atoms with Crippen molar-refractivity contribution in [3.63, 3.8) is 0 Å². The van der Waals surface area contributed by atoms with Crippen LogP contribution in [0.2, 0.25) is 0 Å². The number of carboxylic acid groups (broad SMARTS) is 8. The number of aliphatic hydroxyl groups excluding tert-OH is 12. The van der Waals surface area contributed by atoms with Gasteiger partial charge in [0.2, 0.25) is 0 Å². The standard InChI is InChI=1S/4C4H8O2S.4C3H8O3.4C3H6O2S/c4*1-3(7)2-4(5)6;4*4-1-3(6)2-5;4*4-3(5)1-2-6/h4*3,7H,2H2,1H3,(H,5,6);4*3-6H,1-2H2;4*6H,1-2H2,(H,4,5). The van der Waals surface area contributed by atoms with Gasteiger partial charge in [-0.3, -0.25) is 38.4 Å². The van der Waals surface area contributed by atoms with Crippen LogP contribution in [0.4, 0.5) is 0 Å². The number of carbonyl (C=O) groups is 8. The molecular weight excluding hydrogens is 1180 g/mol. The van der Waals surface area contributed by atoms with E-state index in [0.29, 0.717) is 23.0 Å². The number of hydrogen-bond acceptors (Lipinski definition) is 28. The Morgan fingerprint density at radius 1 is 0.276 bits per heavy atom. The summed E-state index contributed by atoms with van der Waals surface area (Å²) in [6.07, 6.45) is -2.62. The molecule has 76 heavy (non-hydrogen) atoms. The summed E-state index contributed by atoms with van der Waals surface area (Å²) in [7, 11) is 0. The van der Waals surface area contributed by atoms with Gasteiger partial charge in [-0.1, -0.05) is 27.7 Å². The molecule has 0 heterocycles. The van der Waals surface area contributed by atoms with Crippen molar-refractivity contribution in [3.05, 3.63) is 0 Å². The highest BCUT2D eigenvalue weighted by atomic mass is 32.1.